The molecule has 10 nitrogen and oxygen atoms in total. The number of aromatic nitrogens is 3. The van der Waals surface area contributed by atoms with E-state index in [1.54, 1.807) is 38.1 Å². The molecule has 2 amide bonds. The van der Waals surface area contributed by atoms with Crippen LogP contribution in [-0.4, -0.2) is 57.1 Å². The van der Waals surface area contributed by atoms with Crippen molar-refractivity contribution >= 4 is 29.1 Å². The highest BCUT2D eigenvalue weighted by Crippen LogP contribution is 2.34. The summed E-state index contributed by atoms with van der Waals surface area (Å²) in [5.74, 6) is 1.56. The van der Waals surface area contributed by atoms with Crippen LogP contribution in [0, 0.1) is 6.92 Å². The van der Waals surface area contributed by atoms with Crippen LogP contribution in [0.5, 0.6) is 5.75 Å². The van der Waals surface area contributed by atoms with Crippen molar-refractivity contribution in [3.05, 3.63) is 106 Å². The number of amides is 2. The summed E-state index contributed by atoms with van der Waals surface area (Å²) in [5.41, 5.74) is 3.29. The van der Waals surface area contributed by atoms with Crippen molar-refractivity contribution in [1.82, 2.24) is 25.4 Å². The van der Waals surface area contributed by atoms with E-state index in [4.69, 9.17) is 21.3 Å². The molecule has 3 N–H and O–H groups in total. The molecule has 1 atom stereocenters. The summed E-state index contributed by atoms with van der Waals surface area (Å²) >= 11 is 6.21. The summed E-state index contributed by atoms with van der Waals surface area (Å²) in [7, 11) is 0. The number of nitrogens with one attached hydrogen (secondary N) is 2. The number of rotatable bonds is 11. The van der Waals surface area contributed by atoms with Crippen molar-refractivity contribution in [3.63, 3.8) is 0 Å². The molecule has 11 heteroatoms. The maximum absolute atomic E-state index is 12.7. The number of nitrogens with zero attached hydrogens (tertiary/aromatic N) is 4. The first-order valence-electron chi connectivity index (χ1n) is 15.0. The van der Waals surface area contributed by atoms with Crippen LogP contribution < -0.4 is 15.4 Å². The van der Waals surface area contributed by atoms with Crippen molar-refractivity contribution in [2.45, 2.75) is 52.2 Å². The molecule has 0 saturated carbocycles. The monoisotopic (exact) mass is 628 g/mol. The quantitative estimate of drug-likeness (QED) is 0.199. The molecule has 0 unspecified atom stereocenters. The Labute approximate surface area is 267 Å². The molecular formula is C34H37ClN6O4. The topological polar surface area (TPSA) is 131 Å². The lowest BCUT2D eigenvalue weighted by atomic mass is 9.96. The molecule has 5 rings (SSSR count). The van der Waals surface area contributed by atoms with Gasteiger partial charge in [0, 0.05) is 34.8 Å². The minimum atomic E-state index is -1.03. The number of fused-ring (bicyclic) bond motifs is 3. The number of aryl methyl sites for hydroxylation is 1. The number of hydrogen-bond acceptors (Lipinski definition) is 7. The molecule has 0 aliphatic carbocycles. The Bertz CT molecular complexity index is 1730. The van der Waals surface area contributed by atoms with Gasteiger partial charge < -0.3 is 20.5 Å². The Morgan fingerprint density at radius 2 is 1.82 bits per heavy atom. The normalized spacial score (nSPS) is 14.1. The average molecular weight is 629 g/mol. The van der Waals surface area contributed by atoms with E-state index in [1.165, 1.54) is 0 Å². The van der Waals surface area contributed by atoms with Crippen LogP contribution in [0.15, 0.2) is 71.7 Å². The number of benzene rings is 3. The molecule has 0 fully saturated rings. The lowest BCUT2D eigenvalue weighted by Gasteiger charge is -2.18. The van der Waals surface area contributed by atoms with Crippen molar-refractivity contribution in [2.24, 2.45) is 4.99 Å². The van der Waals surface area contributed by atoms with Gasteiger partial charge in [0.05, 0.1) is 30.0 Å². The molecule has 1 aromatic heterocycles. The fraction of sp³-hybridized carbons (Fsp3) is 0.324. The van der Waals surface area contributed by atoms with Gasteiger partial charge in [-0.2, -0.15) is 0 Å². The summed E-state index contributed by atoms with van der Waals surface area (Å²) in [6, 6.07) is 19.6. The summed E-state index contributed by atoms with van der Waals surface area (Å²) in [4.78, 5) is 30.5. The zero-order chi connectivity index (χ0) is 32.1. The van der Waals surface area contributed by atoms with Crippen LogP contribution in [0.3, 0.4) is 0 Å². The van der Waals surface area contributed by atoms with Gasteiger partial charge >= 0.3 is 0 Å². The van der Waals surface area contributed by atoms with Gasteiger partial charge in [-0.05, 0) is 82.1 Å². The molecule has 0 bridgehead atoms. The fourth-order valence-electron chi connectivity index (χ4n) is 5.19. The predicted octanol–water partition coefficient (Wildman–Crippen LogP) is 5.07. The number of aliphatic hydroxyl groups is 1. The minimum Gasteiger partial charge on any atom is -0.494 e. The molecule has 2 heterocycles. The number of carbonyl (C=O) groups is 2. The Morgan fingerprint density at radius 1 is 1.04 bits per heavy atom. The van der Waals surface area contributed by atoms with E-state index in [1.807, 2.05) is 60.9 Å². The number of carbonyl (C=O) groups excluding carboxylic acids is 2. The zero-order valence-corrected chi connectivity index (χ0v) is 26.6. The van der Waals surface area contributed by atoms with E-state index in [0.717, 1.165) is 16.8 Å². The largest absolute Gasteiger partial charge is 0.494 e. The van der Waals surface area contributed by atoms with Crippen LogP contribution in [0.25, 0.3) is 5.69 Å². The second-order valence-electron chi connectivity index (χ2n) is 11.4. The van der Waals surface area contributed by atoms with Gasteiger partial charge in [0.15, 0.2) is 5.82 Å². The lowest BCUT2D eigenvalue weighted by Crippen LogP contribution is -2.26. The fourth-order valence-corrected chi connectivity index (χ4v) is 5.32. The highest BCUT2D eigenvalue weighted by atomic mass is 35.5. The highest BCUT2D eigenvalue weighted by Gasteiger charge is 2.30. The second kappa shape index (κ2) is 13.6. The van der Waals surface area contributed by atoms with Gasteiger partial charge in [-0.1, -0.05) is 35.9 Å². The molecule has 1 aliphatic heterocycles. The molecule has 3 aromatic carbocycles. The molecular weight excluding hydrogens is 592 g/mol. The summed E-state index contributed by atoms with van der Waals surface area (Å²) < 4.78 is 8.07. The Morgan fingerprint density at radius 3 is 2.56 bits per heavy atom. The zero-order valence-electron chi connectivity index (χ0n) is 25.8. The molecule has 234 valence electrons. The maximum atomic E-state index is 12.7. The average Bonchev–Trinajstić information content (AvgIpc) is 3.34. The van der Waals surface area contributed by atoms with Gasteiger partial charge in [-0.3, -0.25) is 19.1 Å². The Kier molecular flexibility index (Phi) is 9.65. The molecule has 0 saturated heterocycles. The molecule has 45 heavy (non-hydrogen) atoms. The van der Waals surface area contributed by atoms with Gasteiger partial charge in [-0.25, -0.2) is 0 Å². The third-order valence-corrected chi connectivity index (χ3v) is 7.73. The van der Waals surface area contributed by atoms with Crippen molar-refractivity contribution in [3.8, 4) is 11.4 Å². The Balaban J connectivity index is 1.36. The smallest absolute Gasteiger partial charge is 0.251 e. The number of hydrogen-bond donors (Lipinski definition) is 3. The van der Waals surface area contributed by atoms with Gasteiger partial charge in [-0.15, -0.1) is 10.2 Å². The lowest BCUT2D eigenvalue weighted by molar-refractivity contribution is -0.121. The maximum Gasteiger partial charge on any atom is 0.251 e. The van der Waals surface area contributed by atoms with Crippen LogP contribution >= 0.6 is 11.6 Å². The SMILES string of the molecule is CCNC(=O)C[C@@H]1N=C(c2ccc(Cl)cc2)c2cc(OCCCNC(=O)c3cccc(C(C)(C)O)c3)ccc2-n2c(C)nnc21. The molecule has 0 radical (unpaired) electrons. The minimum absolute atomic E-state index is 0.119. The Hall–Kier alpha value is -4.54. The standard InChI is InChI=1S/C34H37ClN6O4/c1-5-36-30(42)20-28-32-40-39-21(2)41(32)29-15-14-26(19-27(29)31(38-28)22-10-12-25(35)13-11-22)45-17-7-16-37-33(43)23-8-6-9-24(18-23)34(3,4)44/h6,8-15,18-19,28,44H,5,7,16-17,20H2,1-4H3,(H,36,42)(H,37,43)/t28-/m0/s1. The number of ether oxygens (including phenoxy) is 1. The van der Waals surface area contributed by atoms with Gasteiger partial charge in [0.1, 0.15) is 17.6 Å². The summed E-state index contributed by atoms with van der Waals surface area (Å²) in [5, 5.41) is 25.4. The first-order chi connectivity index (χ1) is 21.5. The van der Waals surface area contributed by atoms with Crippen LogP contribution in [-0.2, 0) is 10.4 Å². The van der Waals surface area contributed by atoms with E-state index in [2.05, 4.69) is 20.8 Å². The third-order valence-electron chi connectivity index (χ3n) is 7.47. The van der Waals surface area contributed by atoms with Crippen molar-refractivity contribution in [1.29, 1.82) is 0 Å². The van der Waals surface area contributed by atoms with E-state index in [-0.39, 0.29) is 18.2 Å². The van der Waals surface area contributed by atoms with Gasteiger partial charge in [0.25, 0.3) is 5.91 Å². The molecule has 0 spiro atoms. The van der Waals surface area contributed by atoms with Crippen LogP contribution in [0.4, 0.5) is 0 Å². The number of halogens is 1. The van der Waals surface area contributed by atoms with Crippen LogP contribution in [0.2, 0.25) is 5.02 Å². The van der Waals surface area contributed by atoms with E-state index < -0.39 is 11.6 Å². The first kappa shape index (κ1) is 31.9. The van der Waals surface area contributed by atoms with E-state index in [9.17, 15) is 14.7 Å². The summed E-state index contributed by atoms with van der Waals surface area (Å²) in [6.07, 6.45) is 0.698. The van der Waals surface area contributed by atoms with Crippen molar-refractivity contribution < 1.29 is 19.4 Å². The molecule has 1 aliphatic rings. The highest BCUT2D eigenvalue weighted by molar-refractivity contribution is 6.30. The van der Waals surface area contributed by atoms with Gasteiger partial charge in [0.2, 0.25) is 5.91 Å². The number of aliphatic imine (C=N–C) groups is 1. The first-order valence-corrected chi connectivity index (χ1v) is 15.3. The van der Waals surface area contributed by atoms with Crippen molar-refractivity contribution in [2.75, 3.05) is 19.7 Å². The molecule has 4 aromatic rings. The van der Waals surface area contributed by atoms with Crippen LogP contribution in [0.1, 0.15) is 78.4 Å². The van der Waals surface area contributed by atoms with E-state index >= 15 is 0 Å². The second-order valence-corrected chi connectivity index (χ2v) is 11.8. The third kappa shape index (κ3) is 7.41. The summed E-state index contributed by atoms with van der Waals surface area (Å²) in [6.45, 7) is 8.42. The van der Waals surface area contributed by atoms with E-state index in [0.29, 0.717) is 65.4 Å². The predicted molar refractivity (Wildman–Crippen MR) is 173 cm³/mol.